The van der Waals surface area contributed by atoms with E-state index in [2.05, 4.69) is 29.5 Å². The van der Waals surface area contributed by atoms with Crippen LogP contribution >= 0.6 is 24.0 Å². The Hall–Kier alpha value is 0. The molecule has 0 spiro atoms. The van der Waals surface area contributed by atoms with Crippen LogP contribution in [0.3, 0.4) is 0 Å². The Bertz CT molecular complexity index is 213. The molecule has 0 aliphatic heterocycles. The Labute approximate surface area is 130 Å². The number of nitrogens with one attached hydrogen (secondary N) is 2. The lowest BCUT2D eigenvalue weighted by Gasteiger charge is -2.22. The molecule has 0 aromatic heterocycles. The second-order valence-electron chi connectivity index (χ2n) is 4.98. The first-order chi connectivity index (χ1) is 8.36. The molecular weight excluding hydrogens is 337 g/mol. The summed E-state index contributed by atoms with van der Waals surface area (Å²) in [7, 11) is 0. The number of hydrogen-bond acceptors (Lipinski definition) is 1. The predicted octanol–water partition coefficient (Wildman–Crippen LogP) is 3.54. The summed E-state index contributed by atoms with van der Waals surface area (Å²) in [5.74, 6) is 1.94. The van der Waals surface area contributed by atoms with Crippen molar-refractivity contribution in [1.29, 1.82) is 0 Å². The number of halogens is 1. The van der Waals surface area contributed by atoms with E-state index < -0.39 is 0 Å². The third kappa shape index (κ3) is 8.16. The van der Waals surface area contributed by atoms with E-state index in [1.54, 1.807) is 0 Å². The molecule has 2 N–H and O–H groups in total. The fourth-order valence-corrected chi connectivity index (χ4v) is 2.44. The molecule has 3 nitrogen and oxygen atoms in total. The largest absolute Gasteiger partial charge is 0.357 e. The predicted molar refractivity (Wildman–Crippen MR) is 90.9 cm³/mol. The molecule has 1 saturated carbocycles. The van der Waals surface area contributed by atoms with Gasteiger partial charge in [0, 0.05) is 19.6 Å². The van der Waals surface area contributed by atoms with Gasteiger partial charge in [-0.3, -0.25) is 4.99 Å². The molecule has 0 radical (unpaired) electrons. The Morgan fingerprint density at radius 1 is 1.11 bits per heavy atom. The van der Waals surface area contributed by atoms with Crippen LogP contribution in [-0.4, -0.2) is 25.6 Å². The highest BCUT2D eigenvalue weighted by Gasteiger charge is 2.12. The minimum atomic E-state index is 0. The van der Waals surface area contributed by atoms with E-state index in [0.29, 0.717) is 0 Å². The molecule has 4 heteroatoms. The van der Waals surface area contributed by atoms with E-state index in [1.807, 2.05) is 0 Å². The molecule has 1 rings (SSSR count). The first kappa shape index (κ1) is 18.0. The fourth-order valence-electron chi connectivity index (χ4n) is 2.44. The van der Waals surface area contributed by atoms with Crippen molar-refractivity contribution in [1.82, 2.24) is 10.6 Å². The van der Waals surface area contributed by atoms with Gasteiger partial charge >= 0.3 is 0 Å². The SMILES string of the molecule is CCCN=C(NCC)NCCC1CCCCC1.I. The number of rotatable bonds is 6. The molecule has 0 bridgehead atoms. The van der Waals surface area contributed by atoms with E-state index in [4.69, 9.17) is 0 Å². The summed E-state index contributed by atoms with van der Waals surface area (Å²) in [5.41, 5.74) is 0. The van der Waals surface area contributed by atoms with Crippen molar-refractivity contribution in [3.63, 3.8) is 0 Å². The maximum absolute atomic E-state index is 4.51. The first-order valence-electron chi connectivity index (χ1n) is 7.39. The van der Waals surface area contributed by atoms with Gasteiger partial charge in [-0.05, 0) is 25.7 Å². The minimum Gasteiger partial charge on any atom is -0.357 e. The highest BCUT2D eigenvalue weighted by atomic mass is 127. The van der Waals surface area contributed by atoms with E-state index in [-0.39, 0.29) is 24.0 Å². The van der Waals surface area contributed by atoms with Gasteiger partial charge in [0.2, 0.25) is 0 Å². The number of nitrogens with zero attached hydrogens (tertiary/aromatic N) is 1. The van der Waals surface area contributed by atoms with Gasteiger partial charge in [-0.25, -0.2) is 0 Å². The molecule has 0 aromatic rings. The molecule has 1 aliphatic carbocycles. The van der Waals surface area contributed by atoms with E-state index in [9.17, 15) is 0 Å². The van der Waals surface area contributed by atoms with Gasteiger partial charge in [0.25, 0.3) is 0 Å². The zero-order valence-electron chi connectivity index (χ0n) is 12.0. The van der Waals surface area contributed by atoms with Crippen LogP contribution in [0.5, 0.6) is 0 Å². The lowest BCUT2D eigenvalue weighted by molar-refractivity contribution is 0.339. The van der Waals surface area contributed by atoms with Gasteiger partial charge in [-0.15, -0.1) is 24.0 Å². The quantitative estimate of drug-likeness (QED) is 0.428. The van der Waals surface area contributed by atoms with Gasteiger partial charge in [0.1, 0.15) is 0 Å². The van der Waals surface area contributed by atoms with Crippen LogP contribution in [0.1, 0.15) is 58.8 Å². The zero-order chi connectivity index (χ0) is 12.3. The number of aliphatic imine (C=N–C) groups is 1. The monoisotopic (exact) mass is 367 g/mol. The van der Waals surface area contributed by atoms with Gasteiger partial charge < -0.3 is 10.6 Å². The van der Waals surface area contributed by atoms with Crippen LogP contribution in [0.4, 0.5) is 0 Å². The standard InChI is InChI=1S/C14H29N3.HI/c1-3-11-16-14(15-4-2)17-12-10-13-8-6-5-7-9-13;/h13H,3-12H2,1-2H3,(H2,15,16,17);1H. The Morgan fingerprint density at radius 2 is 1.83 bits per heavy atom. The van der Waals surface area contributed by atoms with E-state index in [1.165, 1.54) is 38.5 Å². The van der Waals surface area contributed by atoms with E-state index >= 15 is 0 Å². The van der Waals surface area contributed by atoms with Crippen molar-refractivity contribution in [3.8, 4) is 0 Å². The summed E-state index contributed by atoms with van der Waals surface area (Å²) < 4.78 is 0. The molecule has 108 valence electrons. The number of guanidine groups is 1. The minimum absolute atomic E-state index is 0. The molecule has 1 fully saturated rings. The van der Waals surface area contributed by atoms with Gasteiger partial charge in [-0.1, -0.05) is 39.0 Å². The molecule has 0 atom stereocenters. The van der Waals surface area contributed by atoms with Crippen LogP contribution < -0.4 is 10.6 Å². The molecule has 0 unspecified atom stereocenters. The lowest BCUT2D eigenvalue weighted by Crippen LogP contribution is -2.38. The maximum atomic E-state index is 4.51. The summed E-state index contributed by atoms with van der Waals surface area (Å²) >= 11 is 0. The first-order valence-corrected chi connectivity index (χ1v) is 7.39. The third-order valence-corrected chi connectivity index (χ3v) is 3.41. The summed E-state index contributed by atoms with van der Waals surface area (Å²) in [6.07, 6.45) is 9.61. The van der Waals surface area contributed by atoms with Crippen LogP contribution in [0.25, 0.3) is 0 Å². The average molecular weight is 367 g/mol. The van der Waals surface area contributed by atoms with Crippen LogP contribution in [0.2, 0.25) is 0 Å². The van der Waals surface area contributed by atoms with Crippen molar-refractivity contribution in [3.05, 3.63) is 0 Å². The van der Waals surface area contributed by atoms with Crippen LogP contribution in [0, 0.1) is 5.92 Å². The van der Waals surface area contributed by atoms with Crippen LogP contribution in [0.15, 0.2) is 4.99 Å². The van der Waals surface area contributed by atoms with Crippen molar-refractivity contribution in [2.24, 2.45) is 10.9 Å². The van der Waals surface area contributed by atoms with Gasteiger partial charge in [-0.2, -0.15) is 0 Å². The summed E-state index contributed by atoms with van der Waals surface area (Å²) in [5, 5.41) is 6.74. The second-order valence-corrected chi connectivity index (χ2v) is 4.98. The van der Waals surface area contributed by atoms with Crippen LogP contribution in [-0.2, 0) is 0 Å². The highest BCUT2D eigenvalue weighted by molar-refractivity contribution is 14.0. The lowest BCUT2D eigenvalue weighted by atomic mass is 9.87. The number of hydrogen-bond donors (Lipinski definition) is 2. The normalized spacial score (nSPS) is 17.1. The molecule has 0 heterocycles. The Balaban J connectivity index is 0.00000289. The van der Waals surface area contributed by atoms with Gasteiger partial charge in [0.15, 0.2) is 5.96 Å². The smallest absolute Gasteiger partial charge is 0.191 e. The Kier molecular flexibility index (Phi) is 12.1. The average Bonchev–Trinajstić information content (AvgIpc) is 2.37. The molecule has 1 aliphatic rings. The molecule has 18 heavy (non-hydrogen) atoms. The third-order valence-electron chi connectivity index (χ3n) is 3.41. The van der Waals surface area contributed by atoms with Gasteiger partial charge in [0.05, 0.1) is 0 Å². The second kappa shape index (κ2) is 12.1. The maximum Gasteiger partial charge on any atom is 0.191 e. The van der Waals surface area contributed by atoms with Crippen molar-refractivity contribution < 1.29 is 0 Å². The molecular formula is C14H30IN3. The fraction of sp³-hybridized carbons (Fsp3) is 0.929. The van der Waals surface area contributed by atoms with Crippen molar-refractivity contribution in [2.45, 2.75) is 58.8 Å². The summed E-state index contributed by atoms with van der Waals surface area (Å²) in [6.45, 7) is 7.21. The van der Waals surface area contributed by atoms with Crippen molar-refractivity contribution >= 4 is 29.9 Å². The highest BCUT2D eigenvalue weighted by Crippen LogP contribution is 2.25. The molecule has 0 aromatic carbocycles. The van der Waals surface area contributed by atoms with Crippen molar-refractivity contribution in [2.75, 3.05) is 19.6 Å². The zero-order valence-corrected chi connectivity index (χ0v) is 14.3. The Morgan fingerprint density at radius 3 is 2.44 bits per heavy atom. The summed E-state index contributed by atoms with van der Waals surface area (Å²) in [4.78, 5) is 4.51. The molecule has 0 saturated heterocycles. The van der Waals surface area contributed by atoms with E-state index in [0.717, 1.165) is 37.9 Å². The molecule has 0 amide bonds. The topological polar surface area (TPSA) is 36.4 Å². The summed E-state index contributed by atoms with van der Waals surface area (Å²) in [6, 6.07) is 0.